The number of anilines is 1. The van der Waals surface area contributed by atoms with Gasteiger partial charge in [-0.3, -0.25) is 19.8 Å². The van der Waals surface area contributed by atoms with Crippen molar-refractivity contribution in [1.29, 1.82) is 5.41 Å². The third kappa shape index (κ3) is 5.40. The van der Waals surface area contributed by atoms with Crippen molar-refractivity contribution in [2.75, 3.05) is 11.9 Å². The summed E-state index contributed by atoms with van der Waals surface area (Å²) in [4.78, 5) is 35.0. The molecule has 0 spiro atoms. The number of aliphatic carboxylic acids is 1. The number of nitrogen functional groups attached to an aromatic ring is 1. The van der Waals surface area contributed by atoms with Gasteiger partial charge in [-0.15, -0.1) is 0 Å². The summed E-state index contributed by atoms with van der Waals surface area (Å²) in [5, 5.41) is 21.4. The van der Waals surface area contributed by atoms with Crippen LogP contribution in [-0.4, -0.2) is 35.3 Å². The van der Waals surface area contributed by atoms with Crippen LogP contribution in [0.4, 0.5) is 5.69 Å². The van der Waals surface area contributed by atoms with Gasteiger partial charge in [0.15, 0.2) is 0 Å². The van der Waals surface area contributed by atoms with Gasteiger partial charge in [-0.2, -0.15) is 0 Å². The van der Waals surface area contributed by atoms with Crippen LogP contribution >= 0.6 is 0 Å². The zero-order valence-electron chi connectivity index (χ0n) is 14.7. The van der Waals surface area contributed by atoms with Crippen LogP contribution in [0.2, 0.25) is 0 Å². The van der Waals surface area contributed by atoms with Crippen molar-refractivity contribution >= 4 is 29.3 Å². The van der Waals surface area contributed by atoms with Gasteiger partial charge in [0.2, 0.25) is 0 Å². The molecule has 2 aromatic carbocycles. The average Bonchev–Trinajstić information content (AvgIpc) is 2.66. The van der Waals surface area contributed by atoms with Crippen LogP contribution in [-0.2, 0) is 4.79 Å². The summed E-state index contributed by atoms with van der Waals surface area (Å²) in [5.41, 5.74) is 7.18. The third-order valence-electron chi connectivity index (χ3n) is 3.85. The normalized spacial score (nSPS) is 11.3. The van der Waals surface area contributed by atoms with Crippen molar-refractivity contribution in [3.8, 4) is 0 Å². The highest BCUT2D eigenvalue weighted by Gasteiger charge is 2.14. The van der Waals surface area contributed by atoms with Gasteiger partial charge >= 0.3 is 5.97 Å². The highest BCUT2D eigenvalue weighted by molar-refractivity contribution is 6.05. The first-order valence-corrected chi connectivity index (χ1v) is 8.15. The van der Waals surface area contributed by atoms with Crippen LogP contribution < -0.4 is 16.4 Å². The summed E-state index contributed by atoms with van der Waals surface area (Å²) < 4.78 is 0. The number of nitrogens with two attached hydrogens (primary N) is 1. The zero-order valence-corrected chi connectivity index (χ0v) is 14.7. The number of carbonyl (C=O) groups is 3. The van der Waals surface area contributed by atoms with Crippen molar-refractivity contribution < 1.29 is 19.5 Å². The van der Waals surface area contributed by atoms with Crippen LogP contribution in [0.25, 0.3) is 0 Å². The fraction of sp³-hybridized carbons (Fsp3) is 0.158. The minimum absolute atomic E-state index is 0.0205. The number of carboxylic acid groups (broad SMARTS) is 1. The molecule has 140 valence electrons. The summed E-state index contributed by atoms with van der Waals surface area (Å²) in [6, 6.07) is 12.5. The second-order valence-electron chi connectivity index (χ2n) is 5.97. The summed E-state index contributed by atoms with van der Waals surface area (Å²) in [6.07, 6.45) is 0. The number of nitrogens with one attached hydrogen (secondary N) is 3. The predicted octanol–water partition coefficient (Wildman–Crippen LogP) is 1.67. The van der Waals surface area contributed by atoms with E-state index in [9.17, 15) is 14.4 Å². The molecule has 2 amide bonds. The minimum atomic E-state index is -0.987. The maximum atomic E-state index is 12.3. The van der Waals surface area contributed by atoms with Crippen LogP contribution in [0.1, 0.15) is 33.2 Å². The number of carbonyl (C=O) groups excluding carboxylic acids is 2. The van der Waals surface area contributed by atoms with Crippen LogP contribution in [0.15, 0.2) is 48.5 Å². The number of hydrogen-bond acceptors (Lipinski definition) is 4. The molecule has 6 N–H and O–H groups in total. The van der Waals surface area contributed by atoms with E-state index in [4.69, 9.17) is 16.2 Å². The van der Waals surface area contributed by atoms with E-state index in [2.05, 4.69) is 10.6 Å². The fourth-order valence-corrected chi connectivity index (χ4v) is 2.14. The van der Waals surface area contributed by atoms with E-state index >= 15 is 0 Å². The maximum Gasteiger partial charge on any atom is 0.308 e. The van der Waals surface area contributed by atoms with Crippen molar-refractivity contribution in [3.05, 3.63) is 65.2 Å². The average molecular weight is 368 g/mol. The highest BCUT2D eigenvalue weighted by Crippen LogP contribution is 2.12. The maximum absolute atomic E-state index is 12.3. The molecular weight excluding hydrogens is 348 g/mol. The van der Waals surface area contributed by atoms with Gasteiger partial charge in [0.05, 0.1) is 5.92 Å². The molecule has 0 bridgehead atoms. The second kappa shape index (κ2) is 8.61. The SMILES string of the molecule is C[C@@H](CNC(=O)c1ccc(C(=O)Nc2ccc(C(=N)N)cc2)cc1)C(=O)O. The predicted molar refractivity (Wildman–Crippen MR) is 101 cm³/mol. The molecule has 0 saturated carbocycles. The number of carboxylic acids is 1. The standard InChI is InChI=1S/C19H20N4O4/c1-11(19(26)27)10-22-17(24)13-2-4-14(5-3-13)18(25)23-15-8-6-12(7-9-15)16(20)21/h2-9,11H,10H2,1H3,(H3,20,21)(H,22,24)(H,23,25)(H,26,27)/t11-/m0/s1. The van der Waals surface area contributed by atoms with Crippen molar-refractivity contribution in [2.45, 2.75) is 6.92 Å². The molecule has 0 aliphatic carbocycles. The Labute approximate surface area is 155 Å². The van der Waals surface area contributed by atoms with Crippen LogP contribution in [0.5, 0.6) is 0 Å². The first kappa shape index (κ1) is 19.6. The summed E-state index contributed by atoms with van der Waals surface area (Å²) in [5.74, 6) is -2.49. The Bertz CT molecular complexity index is 860. The van der Waals surface area contributed by atoms with Gasteiger partial charge in [0.25, 0.3) is 11.8 Å². The number of benzene rings is 2. The molecule has 0 saturated heterocycles. The Morgan fingerprint density at radius 3 is 1.93 bits per heavy atom. The van der Waals surface area contributed by atoms with E-state index in [1.807, 2.05) is 0 Å². The van der Waals surface area contributed by atoms with Crippen molar-refractivity contribution in [2.24, 2.45) is 11.7 Å². The Morgan fingerprint density at radius 2 is 1.44 bits per heavy atom. The molecule has 8 heteroatoms. The number of amidine groups is 1. The molecule has 0 fully saturated rings. The summed E-state index contributed by atoms with van der Waals surface area (Å²) in [7, 11) is 0. The fourth-order valence-electron chi connectivity index (χ4n) is 2.14. The van der Waals surface area contributed by atoms with Gasteiger partial charge < -0.3 is 21.5 Å². The van der Waals surface area contributed by atoms with Gasteiger partial charge in [0, 0.05) is 28.9 Å². The molecule has 8 nitrogen and oxygen atoms in total. The minimum Gasteiger partial charge on any atom is -0.481 e. The molecule has 0 heterocycles. The van der Waals surface area contributed by atoms with Crippen molar-refractivity contribution in [1.82, 2.24) is 5.32 Å². The molecule has 0 unspecified atom stereocenters. The summed E-state index contributed by atoms with van der Waals surface area (Å²) >= 11 is 0. The lowest BCUT2D eigenvalue weighted by atomic mass is 10.1. The van der Waals surface area contributed by atoms with Crippen molar-refractivity contribution in [3.63, 3.8) is 0 Å². The molecule has 1 atom stereocenters. The van der Waals surface area contributed by atoms with E-state index in [-0.39, 0.29) is 18.3 Å². The molecule has 0 aliphatic rings. The topological polar surface area (TPSA) is 145 Å². The largest absolute Gasteiger partial charge is 0.481 e. The van der Waals surface area contributed by atoms with Crippen LogP contribution in [0, 0.1) is 11.3 Å². The lowest BCUT2D eigenvalue weighted by Crippen LogP contribution is -2.31. The molecule has 2 rings (SSSR count). The lowest BCUT2D eigenvalue weighted by Gasteiger charge is -2.09. The molecular formula is C19H20N4O4. The number of amides is 2. The molecule has 27 heavy (non-hydrogen) atoms. The van der Waals surface area contributed by atoms with E-state index in [0.29, 0.717) is 22.4 Å². The Kier molecular flexibility index (Phi) is 6.27. The van der Waals surface area contributed by atoms with Gasteiger partial charge in [-0.25, -0.2) is 0 Å². The first-order chi connectivity index (χ1) is 12.8. The number of rotatable bonds is 7. The van der Waals surface area contributed by atoms with Gasteiger partial charge in [0.1, 0.15) is 5.84 Å². The quantitative estimate of drug-likeness (QED) is 0.373. The van der Waals surface area contributed by atoms with E-state index < -0.39 is 17.8 Å². The molecule has 0 radical (unpaired) electrons. The third-order valence-corrected chi connectivity index (χ3v) is 3.85. The summed E-state index contributed by atoms with van der Waals surface area (Å²) in [6.45, 7) is 1.52. The lowest BCUT2D eigenvalue weighted by molar-refractivity contribution is -0.140. The monoisotopic (exact) mass is 368 g/mol. The number of hydrogen-bond donors (Lipinski definition) is 5. The Hall–Kier alpha value is -3.68. The highest BCUT2D eigenvalue weighted by atomic mass is 16.4. The molecule has 2 aromatic rings. The Balaban J connectivity index is 1.97. The van der Waals surface area contributed by atoms with E-state index in [1.165, 1.54) is 31.2 Å². The smallest absolute Gasteiger partial charge is 0.308 e. The van der Waals surface area contributed by atoms with E-state index in [0.717, 1.165) is 0 Å². The Morgan fingerprint density at radius 1 is 0.963 bits per heavy atom. The van der Waals surface area contributed by atoms with E-state index in [1.54, 1.807) is 24.3 Å². The van der Waals surface area contributed by atoms with Crippen LogP contribution in [0.3, 0.4) is 0 Å². The van der Waals surface area contributed by atoms with Gasteiger partial charge in [-0.05, 0) is 48.5 Å². The zero-order chi connectivity index (χ0) is 20.0. The molecule has 0 aromatic heterocycles. The second-order valence-corrected chi connectivity index (χ2v) is 5.97. The van der Waals surface area contributed by atoms with Gasteiger partial charge in [-0.1, -0.05) is 6.92 Å². The first-order valence-electron chi connectivity index (χ1n) is 8.15. The molecule has 0 aliphatic heterocycles.